The molecule has 0 aromatic heterocycles. The molecule has 8 heteroatoms. The first-order chi connectivity index (χ1) is 10.00. The smallest absolute Gasteiger partial charge is 0.260 e. The first kappa shape index (κ1) is 16.8. The van der Waals surface area contributed by atoms with Crippen LogP contribution in [0.1, 0.15) is 27.7 Å². The van der Waals surface area contributed by atoms with E-state index in [2.05, 4.69) is 0 Å². The molecule has 1 unspecified atom stereocenters. The number of amides is 1. The second-order valence-corrected chi connectivity index (χ2v) is 8.68. The first-order valence-electron chi connectivity index (χ1n) is 6.79. The van der Waals surface area contributed by atoms with Gasteiger partial charge in [-0.25, -0.2) is 8.42 Å². The highest BCUT2D eigenvalue weighted by atomic mass is 32.2. The van der Waals surface area contributed by atoms with Gasteiger partial charge in [0.1, 0.15) is 11.5 Å². The summed E-state index contributed by atoms with van der Waals surface area (Å²) in [6, 6.07) is 0. The molecule has 0 spiro atoms. The van der Waals surface area contributed by atoms with E-state index in [-0.39, 0.29) is 17.1 Å². The number of ketones is 1. The maximum absolute atomic E-state index is 12.6. The van der Waals surface area contributed by atoms with E-state index < -0.39 is 37.9 Å². The van der Waals surface area contributed by atoms with E-state index in [9.17, 15) is 22.8 Å². The van der Waals surface area contributed by atoms with Gasteiger partial charge in [-0.1, -0.05) is 20.8 Å². The van der Waals surface area contributed by atoms with Crippen LogP contribution >= 0.6 is 0 Å². The van der Waals surface area contributed by atoms with Gasteiger partial charge in [0.2, 0.25) is 0 Å². The van der Waals surface area contributed by atoms with E-state index in [4.69, 9.17) is 4.74 Å². The number of carbonyl (C=O) groups excluding carboxylic acids is 3. The van der Waals surface area contributed by atoms with E-state index in [0.717, 1.165) is 4.90 Å². The van der Waals surface area contributed by atoms with Crippen molar-refractivity contribution in [3.63, 3.8) is 0 Å². The third-order valence-corrected chi connectivity index (χ3v) is 6.30. The molecule has 0 radical (unpaired) electrons. The minimum absolute atomic E-state index is 0.00252. The fourth-order valence-electron chi connectivity index (χ4n) is 2.76. The normalized spacial score (nSPS) is 30.7. The van der Waals surface area contributed by atoms with Crippen molar-refractivity contribution in [2.75, 3.05) is 7.11 Å². The van der Waals surface area contributed by atoms with Crippen molar-refractivity contribution in [2.45, 2.75) is 44.4 Å². The van der Waals surface area contributed by atoms with E-state index in [1.807, 2.05) is 0 Å². The Morgan fingerprint density at radius 1 is 1.32 bits per heavy atom. The summed E-state index contributed by atoms with van der Waals surface area (Å²) in [7, 11) is -2.74. The molecule has 2 aliphatic rings. The lowest BCUT2D eigenvalue weighted by Gasteiger charge is -2.50. The Balaban J connectivity index is 2.69. The van der Waals surface area contributed by atoms with Crippen LogP contribution in [0, 0.1) is 5.41 Å². The number of methoxy groups -OCH3 is 1. The summed E-state index contributed by atoms with van der Waals surface area (Å²) in [4.78, 5) is 37.0. The molecule has 0 saturated carbocycles. The number of aldehydes is 1. The van der Waals surface area contributed by atoms with Crippen LogP contribution in [0.15, 0.2) is 11.3 Å². The Bertz CT molecular complexity index is 685. The van der Waals surface area contributed by atoms with Crippen LogP contribution in [-0.2, 0) is 29.0 Å². The van der Waals surface area contributed by atoms with Crippen LogP contribution in [0.4, 0.5) is 0 Å². The van der Waals surface area contributed by atoms with Crippen molar-refractivity contribution in [1.29, 1.82) is 0 Å². The predicted molar refractivity (Wildman–Crippen MR) is 77.4 cm³/mol. The molecular formula is C14H19NO6S. The van der Waals surface area contributed by atoms with Crippen LogP contribution in [-0.4, -0.2) is 55.1 Å². The molecule has 0 bridgehead atoms. The van der Waals surface area contributed by atoms with Crippen LogP contribution in [0.3, 0.4) is 0 Å². The molecule has 2 heterocycles. The number of hydrogen-bond donors (Lipinski definition) is 0. The Hall–Kier alpha value is -1.54. The van der Waals surface area contributed by atoms with E-state index in [0.29, 0.717) is 6.29 Å². The number of allylic oxidation sites excluding steroid dienone is 1. The number of fused-ring (bicyclic) bond motifs is 1. The Labute approximate surface area is 129 Å². The van der Waals surface area contributed by atoms with Gasteiger partial charge in [0, 0.05) is 12.5 Å². The van der Waals surface area contributed by atoms with Gasteiger partial charge in [0.05, 0.1) is 5.70 Å². The molecule has 3 atom stereocenters. The number of hydrogen-bond acceptors (Lipinski definition) is 6. The molecule has 1 saturated heterocycles. The monoisotopic (exact) mass is 329 g/mol. The molecule has 2 aliphatic heterocycles. The average molecular weight is 329 g/mol. The number of ether oxygens (including phenoxy) is 1. The molecule has 0 aromatic rings. The van der Waals surface area contributed by atoms with Gasteiger partial charge < -0.3 is 9.53 Å². The van der Waals surface area contributed by atoms with Crippen molar-refractivity contribution in [3.05, 3.63) is 11.3 Å². The Kier molecular flexibility index (Phi) is 3.81. The third kappa shape index (κ3) is 2.04. The van der Waals surface area contributed by atoms with E-state index >= 15 is 0 Å². The zero-order valence-corrected chi connectivity index (χ0v) is 13.9. The summed E-state index contributed by atoms with van der Waals surface area (Å²) in [6.45, 7) is 6.41. The van der Waals surface area contributed by atoms with Crippen molar-refractivity contribution >= 4 is 27.8 Å². The second-order valence-electron chi connectivity index (χ2n) is 6.51. The lowest BCUT2D eigenvalue weighted by molar-refractivity contribution is -0.161. The highest BCUT2D eigenvalue weighted by molar-refractivity contribution is 7.93. The predicted octanol–water partition coefficient (Wildman–Crippen LogP) is 0.0548. The van der Waals surface area contributed by atoms with Crippen LogP contribution < -0.4 is 0 Å². The number of β-lactam (4-membered cyclic amide) rings is 1. The third-order valence-electron chi connectivity index (χ3n) is 4.00. The molecule has 1 amide bonds. The number of sulfone groups is 1. The lowest BCUT2D eigenvalue weighted by atomic mass is 9.85. The van der Waals surface area contributed by atoms with Gasteiger partial charge >= 0.3 is 0 Å². The molecule has 7 nitrogen and oxygen atoms in total. The summed E-state index contributed by atoms with van der Waals surface area (Å²) in [5, 5.41) is -2.74. The average Bonchev–Trinajstić information content (AvgIpc) is 2.38. The maximum atomic E-state index is 12.6. The summed E-state index contributed by atoms with van der Waals surface area (Å²) in [5.74, 6) is -0.952. The second kappa shape index (κ2) is 4.99. The van der Waals surface area contributed by atoms with Gasteiger partial charge in [-0.2, -0.15) is 0 Å². The zero-order valence-electron chi connectivity index (χ0n) is 13.1. The van der Waals surface area contributed by atoms with Crippen molar-refractivity contribution in [1.82, 2.24) is 4.90 Å². The minimum Gasteiger partial charge on any atom is -0.368 e. The van der Waals surface area contributed by atoms with Crippen LogP contribution in [0.2, 0.25) is 0 Å². The quantitative estimate of drug-likeness (QED) is 0.536. The molecule has 0 N–H and O–H groups in total. The molecule has 0 aromatic carbocycles. The zero-order chi connectivity index (χ0) is 17.0. The van der Waals surface area contributed by atoms with Gasteiger partial charge in [-0.15, -0.1) is 0 Å². The molecule has 2 rings (SSSR count). The fraction of sp³-hybridized carbons (Fsp3) is 0.643. The molecule has 1 fully saturated rings. The highest BCUT2D eigenvalue weighted by Crippen LogP contribution is 2.42. The highest BCUT2D eigenvalue weighted by Gasteiger charge is 2.63. The number of carbonyl (C=O) groups is 3. The topological polar surface area (TPSA) is 97.8 Å². The number of nitrogens with zero attached hydrogens (tertiary/aromatic N) is 1. The van der Waals surface area contributed by atoms with Gasteiger partial charge in [-0.05, 0) is 12.5 Å². The van der Waals surface area contributed by atoms with Crippen molar-refractivity contribution in [3.8, 4) is 0 Å². The maximum Gasteiger partial charge on any atom is 0.260 e. The molecular weight excluding hydrogens is 310 g/mol. The largest absolute Gasteiger partial charge is 0.368 e. The van der Waals surface area contributed by atoms with Gasteiger partial charge in [0.25, 0.3) is 5.91 Å². The SMILES string of the molecule is CO[C@H]1C(=O)N2C(C(=O)C(C)(C)C)=C(C)C(C=O)S(=O)(=O)[C@H]12. The van der Waals surface area contributed by atoms with Crippen molar-refractivity contribution in [2.24, 2.45) is 5.41 Å². The molecule has 122 valence electrons. The molecule has 22 heavy (non-hydrogen) atoms. The Morgan fingerprint density at radius 2 is 1.86 bits per heavy atom. The van der Waals surface area contributed by atoms with Gasteiger partial charge in [-0.3, -0.25) is 14.5 Å². The number of Topliss-reactive ketones (excluding diaryl/α,β-unsaturated/α-hetero) is 1. The summed E-state index contributed by atoms with van der Waals surface area (Å²) >= 11 is 0. The number of rotatable bonds is 3. The summed E-state index contributed by atoms with van der Waals surface area (Å²) in [5.41, 5.74) is -0.717. The van der Waals surface area contributed by atoms with Crippen molar-refractivity contribution < 1.29 is 27.5 Å². The van der Waals surface area contributed by atoms with E-state index in [1.165, 1.54) is 14.0 Å². The lowest BCUT2D eigenvalue weighted by Crippen LogP contribution is -2.72. The Morgan fingerprint density at radius 3 is 2.27 bits per heavy atom. The van der Waals surface area contributed by atoms with Crippen LogP contribution in [0.25, 0.3) is 0 Å². The van der Waals surface area contributed by atoms with Crippen LogP contribution in [0.5, 0.6) is 0 Å². The first-order valence-corrected chi connectivity index (χ1v) is 8.40. The standard InChI is InChI=1S/C14H19NO6S/c1-7-8(6-16)22(19,20)13-10(21-5)12(18)15(13)9(7)11(17)14(2,3)4/h6,8,10,13H,1-5H3/t8?,10-,13+/m0/s1. The minimum atomic E-state index is -3.97. The summed E-state index contributed by atoms with van der Waals surface area (Å²) < 4.78 is 29.9. The fourth-order valence-corrected chi connectivity index (χ4v) is 4.89. The summed E-state index contributed by atoms with van der Waals surface area (Å²) in [6.07, 6.45) is -0.878. The van der Waals surface area contributed by atoms with E-state index in [1.54, 1.807) is 20.8 Å². The molecule has 0 aliphatic carbocycles. The van der Waals surface area contributed by atoms with Gasteiger partial charge in [0.15, 0.2) is 27.1 Å².